The van der Waals surface area contributed by atoms with Gasteiger partial charge in [0.2, 0.25) is 0 Å². The molecule has 2 heterocycles. The van der Waals surface area contributed by atoms with Gasteiger partial charge >= 0.3 is 0 Å². The number of carbonyl (C=O) groups is 1. The van der Waals surface area contributed by atoms with Gasteiger partial charge in [0.05, 0.1) is 16.2 Å². The van der Waals surface area contributed by atoms with Gasteiger partial charge in [-0.25, -0.2) is 4.98 Å². The Hall–Kier alpha value is -2.66. The van der Waals surface area contributed by atoms with Gasteiger partial charge in [-0.2, -0.15) is 0 Å². The van der Waals surface area contributed by atoms with Crippen LogP contribution in [-0.2, 0) is 0 Å². The molecule has 0 aliphatic heterocycles. The van der Waals surface area contributed by atoms with Crippen LogP contribution in [0, 0.1) is 0 Å². The summed E-state index contributed by atoms with van der Waals surface area (Å²) < 4.78 is 0. The summed E-state index contributed by atoms with van der Waals surface area (Å²) in [5.41, 5.74) is 1.04. The minimum absolute atomic E-state index is 0.0449. The van der Waals surface area contributed by atoms with E-state index in [9.17, 15) is 9.90 Å². The monoisotopic (exact) mass is 299 g/mol. The molecule has 0 aliphatic carbocycles. The Labute approximate surface area is 125 Å². The SMILES string of the molecule is O=C(Nc1ccc(Cl)c2cccnc12)c1ncccc1O. The number of nitrogens with zero attached hydrogens (tertiary/aromatic N) is 2. The lowest BCUT2D eigenvalue weighted by molar-refractivity contribution is 0.101. The molecule has 21 heavy (non-hydrogen) atoms. The van der Waals surface area contributed by atoms with Crippen LogP contribution >= 0.6 is 11.6 Å². The minimum Gasteiger partial charge on any atom is -0.505 e. The van der Waals surface area contributed by atoms with Crippen LogP contribution in [0.4, 0.5) is 5.69 Å². The Balaban J connectivity index is 2.01. The van der Waals surface area contributed by atoms with Gasteiger partial charge in [0.25, 0.3) is 5.91 Å². The molecule has 1 amide bonds. The van der Waals surface area contributed by atoms with Gasteiger partial charge in [0, 0.05) is 17.8 Å². The third kappa shape index (κ3) is 2.51. The molecule has 3 aromatic rings. The fourth-order valence-corrected chi connectivity index (χ4v) is 2.21. The lowest BCUT2D eigenvalue weighted by Gasteiger charge is -2.09. The molecule has 2 N–H and O–H groups in total. The van der Waals surface area contributed by atoms with E-state index in [-0.39, 0.29) is 11.4 Å². The molecular weight excluding hydrogens is 290 g/mol. The number of carbonyl (C=O) groups excluding carboxylic acids is 1. The molecule has 0 spiro atoms. The first-order valence-corrected chi connectivity index (χ1v) is 6.53. The molecule has 0 atom stereocenters. The van der Waals surface area contributed by atoms with E-state index in [1.807, 2.05) is 6.07 Å². The van der Waals surface area contributed by atoms with Crippen LogP contribution < -0.4 is 5.32 Å². The third-order valence-corrected chi connectivity index (χ3v) is 3.30. The van der Waals surface area contributed by atoms with Crippen LogP contribution in [0.2, 0.25) is 5.02 Å². The Morgan fingerprint density at radius 1 is 1.10 bits per heavy atom. The maximum absolute atomic E-state index is 12.2. The van der Waals surface area contributed by atoms with Gasteiger partial charge in [-0.15, -0.1) is 0 Å². The predicted molar refractivity (Wildman–Crippen MR) is 80.6 cm³/mol. The van der Waals surface area contributed by atoms with Gasteiger partial charge in [-0.3, -0.25) is 9.78 Å². The third-order valence-electron chi connectivity index (χ3n) is 2.97. The van der Waals surface area contributed by atoms with Crippen molar-refractivity contribution < 1.29 is 9.90 Å². The summed E-state index contributed by atoms with van der Waals surface area (Å²) in [6.07, 6.45) is 3.05. The molecule has 5 nitrogen and oxygen atoms in total. The van der Waals surface area contributed by atoms with E-state index in [2.05, 4.69) is 15.3 Å². The van der Waals surface area contributed by atoms with E-state index in [0.29, 0.717) is 16.2 Å². The predicted octanol–water partition coefficient (Wildman–Crippen LogP) is 3.24. The summed E-state index contributed by atoms with van der Waals surface area (Å²) >= 11 is 6.10. The number of anilines is 1. The zero-order valence-electron chi connectivity index (χ0n) is 10.7. The van der Waals surface area contributed by atoms with Crippen LogP contribution in [0.3, 0.4) is 0 Å². The normalized spacial score (nSPS) is 10.5. The van der Waals surface area contributed by atoms with Crippen molar-refractivity contribution in [1.82, 2.24) is 9.97 Å². The van der Waals surface area contributed by atoms with E-state index < -0.39 is 5.91 Å². The fraction of sp³-hybridized carbons (Fsp3) is 0. The Kier molecular flexibility index (Phi) is 3.41. The fourth-order valence-electron chi connectivity index (χ4n) is 1.99. The van der Waals surface area contributed by atoms with E-state index >= 15 is 0 Å². The molecule has 0 bridgehead atoms. The standard InChI is InChI=1S/C15H10ClN3O2/c16-10-5-6-11(13-9(10)3-1-7-17-13)19-15(21)14-12(20)4-2-8-18-14/h1-8,20H,(H,19,21). The number of nitrogens with one attached hydrogen (secondary N) is 1. The molecule has 0 saturated carbocycles. The average molecular weight is 300 g/mol. The van der Waals surface area contributed by atoms with Gasteiger partial charge in [0.1, 0.15) is 5.75 Å². The van der Waals surface area contributed by atoms with Crippen molar-refractivity contribution in [3.63, 3.8) is 0 Å². The van der Waals surface area contributed by atoms with Gasteiger partial charge in [0.15, 0.2) is 5.69 Å². The topological polar surface area (TPSA) is 75.1 Å². The van der Waals surface area contributed by atoms with Crippen LogP contribution in [-0.4, -0.2) is 21.0 Å². The number of aromatic nitrogens is 2. The molecule has 3 rings (SSSR count). The first-order chi connectivity index (χ1) is 10.2. The molecule has 6 heteroatoms. The quantitative estimate of drug-likeness (QED) is 0.761. The average Bonchev–Trinajstić information content (AvgIpc) is 2.51. The summed E-state index contributed by atoms with van der Waals surface area (Å²) in [5, 5.41) is 13.6. The number of hydrogen-bond acceptors (Lipinski definition) is 4. The number of pyridine rings is 2. The van der Waals surface area contributed by atoms with Crippen LogP contribution in [0.1, 0.15) is 10.5 Å². The van der Waals surface area contributed by atoms with Gasteiger partial charge in [-0.1, -0.05) is 11.6 Å². The van der Waals surface area contributed by atoms with Crippen molar-refractivity contribution in [2.24, 2.45) is 0 Å². The smallest absolute Gasteiger partial charge is 0.278 e. The highest BCUT2D eigenvalue weighted by Gasteiger charge is 2.14. The van der Waals surface area contributed by atoms with Gasteiger partial charge in [-0.05, 0) is 36.4 Å². The van der Waals surface area contributed by atoms with Crippen LogP contribution in [0.25, 0.3) is 10.9 Å². The molecular formula is C15H10ClN3O2. The van der Waals surface area contributed by atoms with E-state index in [1.54, 1.807) is 30.5 Å². The van der Waals surface area contributed by atoms with Crippen LogP contribution in [0.15, 0.2) is 48.8 Å². The Morgan fingerprint density at radius 2 is 1.86 bits per heavy atom. The van der Waals surface area contributed by atoms with Gasteiger partial charge < -0.3 is 10.4 Å². The summed E-state index contributed by atoms with van der Waals surface area (Å²) in [6.45, 7) is 0. The van der Waals surface area contributed by atoms with Crippen molar-refractivity contribution in [3.05, 3.63) is 59.5 Å². The number of fused-ring (bicyclic) bond motifs is 1. The molecule has 104 valence electrons. The number of benzene rings is 1. The van der Waals surface area contributed by atoms with Crippen molar-refractivity contribution >= 4 is 34.1 Å². The van der Waals surface area contributed by atoms with E-state index in [4.69, 9.17) is 11.6 Å². The maximum Gasteiger partial charge on any atom is 0.278 e. The van der Waals surface area contributed by atoms with E-state index in [1.165, 1.54) is 12.3 Å². The zero-order chi connectivity index (χ0) is 14.8. The molecule has 0 unspecified atom stereocenters. The molecule has 1 aromatic carbocycles. The molecule has 0 saturated heterocycles. The lowest BCUT2D eigenvalue weighted by atomic mass is 10.2. The van der Waals surface area contributed by atoms with Crippen LogP contribution in [0.5, 0.6) is 5.75 Å². The minimum atomic E-state index is -0.512. The molecule has 0 radical (unpaired) electrons. The number of amides is 1. The van der Waals surface area contributed by atoms with Crippen molar-refractivity contribution in [2.75, 3.05) is 5.32 Å². The van der Waals surface area contributed by atoms with Crippen molar-refractivity contribution in [1.29, 1.82) is 0 Å². The first-order valence-electron chi connectivity index (χ1n) is 6.15. The second-order valence-corrected chi connectivity index (χ2v) is 4.73. The number of aromatic hydroxyl groups is 1. The number of halogens is 1. The molecule has 2 aromatic heterocycles. The van der Waals surface area contributed by atoms with Crippen molar-refractivity contribution in [2.45, 2.75) is 0 Å². The van der Waals surface area contributed by atoms with Crippen molar-refractivity contribution in [3.8, 4) is 5.75 Å². The Bertz CT molecular complexity index is 836. The lowest BCUT2D eigenvalue weighted by Crippen LogP contribution is -2.14. The first kappa shape index (κ1) is 13.3. The van der Waals surface area contributed by atoms with E-state index in [0.717, 1.165) is 5.39 Å². The summed E-state index contributed by atoms with van der Waals surface area (Å²) in [4.78, 5) is 20.3. The highest BCUT2D eigenvalue weighted by molar-refractivity contribution is 6.36. The second kappa shape index (κ2) is 5.38. The highest BCUT2D eigenvalue weighted by Crippen LogP contribution is 2.28. The maximum atomic E-state index is 12.2. The Morgan fingerprint density at radius 3 is 2.67 bits per heavy atom. The highest BCUT2D eigenvalue weighted by atomic mass is 35.5. The number of hydrogen-bond donors (Lipinski definition) is 2. The zero-order valence-corrected chi connectivity index (χ0v) is 11.5. The second-order valence-electron chi connectivity index (χ2n) is 4.32. The summed E-state index contributed by atoms with van der Waals surface area (Å²) in [5.74, 6) is -0.691. The largest absolute Gasteiger partial charge is 0.505 e. The summed E-state index contributed by atoms with van der Waals surface area (Å²) in [6, 6.07) is 9.88. The molecule has 0 fully saturated rings. The number of rotatable bonds is 2. The molecule has 0 aliphatic rings. The summed E-state index contributed by atoms with van der Waals surface area (Å²) in [7, 11) is 0.